The lowest BCUT2D eigenvalue weighted by Gasteiger charge is -2.30. The molecule has 0 atom stereocenters. The SMILES string of the molecule is Cc1[nH]c2ccccc2c1C(c1cc(C(C)(C)C)c(O)c(C(C)(C)C)c1)c1c(C)[nH]c2ccccc12. The normalized spacial score (nSPS) is 12.8. The van der Waals surface area contributed by atoms with Crippen LogP contribution in [-0.2, 0) is 10.8 Å². The molecule has 0 aliphatic rings. The monoisotopic (exact) mass is 478 g/mol. The minimum atomic E-state index is -0.199. The van der Waals surface area contributed by atoms with Crippen molar-refractivity contribution in [2.45, 2.75) is 72.1 Å². The Kier molecular flexibility index (Phi) is 5.59. The van der Waals surface area contributed by atoms with E-state index in [1.807, 2.05) is 0 Å². The highest BCUT2D eigenvalue weighted by atomic mass is 16.3. The van der Waals surface area contributed by atoms with Gasteiger partial charge in [0, 0.05) is 39.1 Å². The van der Waals surface area contributed by atoms with Gasteiger partial charge in [0.1, 0.15) is 5.75 Å². The molecule has 186 valence electrons. The number of hydrogen-bond donors (Lipinski definition) is 3. The average molecular weight is 479 g/mol. The van der Waals surface area contributed by atoms with Gasteiger partial charge >= 0.3 is 0 Å². The predicted molar refractivity (Wildman–Crippen MR) is 153 cm³/mol. The van der Waals surface area contributed by atoms with Gasteiger partial charge in [0.15, 0.2) is 0 Å². The summed E-state index contributed by atoms with van der Waals surface area (Å²) in [4.78, 5) is 7.30. The first-order chi connectivity index (χ1) is 16.9. The van der Waals surface area contributed by atoms with Crippen LogP contribution in [0.3, 0.4) is 0 Å². The van der Waals surface area contributed by atoms with E-state index in [2.05, 4.69) is 126 Å². The van der Waals surface area contributed by atoms with E-state index < -0.39 is 0 Å². The molecule has 0 bridgehead atoms. The minimum absolute atomic E-state index is 0.0000926. The highest BCUT2D eigenvalue weighted by Gasteiger charge is 2.32. The smallest absolute Gasteiger partial charge is 0.123 e. The maximum absolute atomic E-state index is 11.5. The first-order valence-corrected chi connectivity index (χ1v) is 12.9. The van der Waals surface area contributed by atoms with E-state index in [4.69, 9.17) is 0 Å². The molecule has 3 nitrogen and oxygen atoms in total. The van der Waals surface area contributed by atoms with Crippen molar-refractivity contribution in [3.63, 3.8) is 0 Å². The van der Waals surface area contributed by atoms with E-state index in [1.54, 1.807) is 0 Å². The third-order valence-electron chi connectivity index (χ3n) is 7.55. The molecule has 0 radical (unpaired) electrons. The van der Waals surface area contributed by atoms with E-state index in [0.717, 1.165) is 22.2 Å². The van der Waals surface area contributed by atoms with Gasteiger partial charge in [-0.3, -0.25) is 0 Å². The van der Waals surface area contributed by atoms with Crippen molar-refractivity contribution in [1.29, 1.82) is 0 Å². The Morgan fingerprint density at radius 2 is 1.03 bits per heavy atom. The van der Waals surface area contributed by atoms with Crippen LogP contribution in [0, 0.1) is 13.8 Å². The standard InChI is InChI=1S/C33H38N2O/c1-19-28(22-13-9-11-15-26(22)34-19)30(29-20(2)35-27-16-12-10-14-23(27)29)21-17-24(32(3,4)5)31(36)25(18-21)33(6,7)8/h9-18,30,34-36H,1-8H3. The molecule has 3 aromatic carbocycles. The van der Waals surface area contributed by atoms with Crippen LogP contribution in [0.2, 0.25) is 0 Å². The molecule has 0 spiro atoms. The average Bonchev–Trinajstić information content (AvgIpc) is 3.29. The summed E-state index contributed by atoms with van der Waals surface area (Å²) in [6.07, 6.45) is 0. The molecular formula is C33H38N2O. The van der Waals surface area contributed by atoms with Crippen LogP contribution in [0.25, 0.3) is 21.8 Å². The third-order valence-corrected chi connectivity index (χ3v) is 7.55. The first-order valence-electron chi connectivity index (χ1n) is 12.9. The molecule has 3 N–H and O–H groups in total. The number of para-hydroxylation sites is 2. The summed E-state index contributed by atoms with van der Waals surface area (Å²) in [5.41, 5.74) is 10.0. The number of fused-ring (bicyclic) bond motifs is 2. The van der Waals surface area contributed by atoms with E-state index in [1.165, 1.54) is 38.9 Å². The molecule has 2 heterocycles. The van der Waals surface area contributed by atoms with Crippen molar-refractivity contribution < 1.29 is 5.11 Å². The van der Waals surface area contributed by atoms with Crippen LogP contribution >= 0.6 is 0 Å². The van der Waals surface area contributed by atoms with Gasteiger partial charge in [-0.1, -0.05) is 90.1 Å². The Hall–Kier alpha value is -3.46. The summed E-state index contributed by atoms with van der Waals surface area (Å²) in [5, 5.41) is 14.0. The number of benzene rings is 3. The Bertz CT molecular complexity index is 1470. The summed E-state index contributed by atoms with van der Waals surface area (Å²) >= 11 is 0. The van der Waals surface area contributed by atoms with Crippen molar-refractivity contribution in [3.05, 3.63) is 99.9 Å². The van der Waals surface area contributed by atoms with Crippen molar-refractivity contribution in [2.75, 3.05) is 0 Å². The van der Waals surface area contributed by atoms with Gasteiger partial charge in [-0.15, -0.1) is 0 Å². The Morgan fingerprint density at radius 3 is 1.42 bits per heavy atom. The minimum Gasteiger partial charge on any atom is -0.507 e. The number of hydrogen-bond acceptors (Lipinski definition) is 1. The number of H-pyrrole nitrogens is 2. The van der Waals surface area contributed by atoms with Gasteiger partial charge in [0.05, 0.1) is 0 Å². The molecule has 0 aliphatic heterocycles. The van der Waals surface area contributed by atoms with Crippen LogP contribution in [-0.4, -0.2) is 15.1 Å². The first kappa shape index (κ1) is 24.2. The fourth-order valence-corrected chi connectivity index (χ4v) is 5.79. The molecule has 0 aliphatic carbocycles. The molecule has 5 rings (SSSR count). The van der Waals surface area contributed by atoms with E-state index in [9.17, 15) is 5.11 Å². The second kappa shape index (κ2) is 8.30. The van der Waals surface area contributed by atoms with Crippen molar-refractivity contribution in [2.24, 2.45) is 0 Å². The topological polar surface area (TPSA) is 51.8 Å². The zero-order valence-corrected chi connectivity index (χ0v) is 22.8. The third kappa shape index (κ3) is 3.91. The lowest BCUT2D eigenvalue weighted by Crippen LogP contribution is -2.19. The predicted octanol–water partition coefficient (Wildman–Crippen LogP) is 8.75. The van der Waals surface area contributed by atoms with Crippen LogP contribution in [0.1, 0.15) is 86.7 Å². The number of aromatic amines is 2. The number of aromatic nitrogens is 2. The van der Waals surface area contributed by atoms with Gasteiger partial charge in [-0.25, -0.2) is 0 Å². The van der Waals surface area contributed by atoms with Crippen LogP contribution in [0.15, 0.2) is 60.7 Å². The van der Waals surface area contributed by atoms with Crippen molar-refractivity contribution in [1.82, 2.24) is 9.97 Å². The Morgan fingerprint density at radius 1 is 0.639 bits per heavy atom. The van der Waals surface area contributed by atoms with Gasteiger partial charge in [0.2, 0.25) is 0 Å². The van der Waals surface area contributed by atoms with Gasteiger partial charge in [0.25, 0.3) is 0 Å². The largest absolute Gasteiger partial charge is 0.507 e. The number of nitrogens with one attached hydrogen (secondary N) is 2. The lowest BCUT2D eigenvalue weighted by molar-refractivity contribution is 0.422. The number of aromatic hydroxyl groups is 1. The van der Waals surface area contributed by atoms with E-state index >= 15 is 0 Å². The summed E-state index contributed by atoms with van der Waals surface area (Å²) in [6, 6.07) is 21.7. The van der Waals surface area contributed by atoms with Gasteiger partial charge in [-0.2, -0.15) is 0 Å². The molecule has 0 unspecified atom stereocenters. The number of phenols is 1. The molecule has 0 saturated carbocycles. The molecule has 5 aromatic rings. The second-order valence-corrected chi connectivity index (χ2v) is 12.3. The zero-order valence-electron chi connectivity index (χ0n) is 22.8. The molecular weight excluding hydrogens is 440 g/mol. The second-order valence-electron chi connectivity index (χ2n) is 12.3. The Labute approximate surface area is 214 Å². The highest BCUT2D eigenvalue weighted by Crippen LogP contribution is 2.47. The molecule has 0 saturated heterocycles. The number of rotatable bonds is 3. The van der Waals surface area contributed by atoms with Crippen molar-refractivity contribution >= 4 is 21.8 Å². The molecule has 2 aromatic heterocycles. The maximum atomic E-state index is 11.5. The van der Waals surface area contributed by atoms with E-state index in [-0.39, 0.29) is 16.7 Å². The lowest BCUT2D eigenvalue weighted by atomic mass is 9.74. The fourth-order valence-electron chi connectivity index (χ4n) is 5.79. The fraction of sp³-hybridized carbons (Fsp3) is 0.333. The molecule has 36 heavy (non-hydrogen) atoms. The quantitative estimate of drug-likeness (QED) is 0.238. The maximum Gasteiger partial charge on any atom is 0.123 e. The van der Waals surface area contributed by atoms with Gasteiger partial charge in [-0.05, 0) is 64.6 Å². The van der Waals surface area contributed by atoms with E-state index in [0.29, 0.717) is 5.75 Å². The molecule has 0 fully saturated rings. The molecule has 3 heteroatoms. The van der Waals surface area contributed by atoms with Crippen molar-refractivity contribution in [3.8, 4) is 5.75 Å². The summed E-state index contributed by atoms with van der Waals surface area (Å²) < 4.78 is 0. The summed E-state index contributed by atoms with van der Waals surface area (Å²) in [7, 11) is 0. The Balaban J connectivity index is 1.93. The number of phenolic OH excluding ortho intramolecular Hbond substituents is 1. The molecule has 0 amide bonds. The van der Waals surface area contributed by atoms with Crippen LogP contribution < -0.4 is 0 Å². The van der Waals surface area contributed by atoms with Crippen LogP contribution in [0.5, 0.6) is 5.75 Å². The summed E-state index contributed by atoms with van der Waals surface area (Å²) in [5.74, 6) is 0.420. The highest BCUT2D eigenvalue weighted by molar-refractivity contribution is 5.91. The van der Waals surface area contributed by atoms with Crippen LogP contribution in [0.4, 0.5) is 0 Å². The summed E-state index contributed by atoms with van der Waals surface area (Å²) in [6.45, 7) is 17.5. The zero-order chi connectivity index (χ0) is 26.0. The number of aryl methyl sites for hydroxylation is 2. The van der Waals surface area contributed by atoms with Gasteiger partial charge < -0.3 is 15.1 Å².